The van der Waals surface area contributed by atoms with Gasteiger partial charge in [-0.05, 0) is 13.8 Å². The highest BCUT2D eigenvalue weighted by Crippen LogP contribution is 2.45. The Hall–Kier alpha value is -2.88. The number of hydrogen-bond acceptors (Lipinski definition) is 4. The van der Waals surface area contributed by atoms with Gasteiger partial charge in [0.05, 0.1) is 0 Å². The normalized spacial score (nSPS) is 16.6. The van der Waals surface area contributed by atoms with Gasteiger partial charge in [0, 0.05) is 21.5 Å². The van der Waals surface area contributed by atoms with E-state index < -0.39 is 17.4 Å². The second-order valence-electron chi connectivity index (χ2n) is 6.15. The molecule has 2 bridgehead atoms. The van der Waals surface area contributed by atoms with Crippen molar-refractivity contribution in [2.24, 2.45) is 5.41 Å². The summed E-state index contributed by atoms with van der Waals surface area (Å²) >= 11 is 0. The van der Waals surface area contributed by atoms with Crippen LogP contribution in [0.5, 0.6) is 11.5 Å². The quantitative estimate of drug-likeness (QED) is 0.274. The summed E-state index contributed by atoms with van der Waals surface area (Å²) in [7, 11) is 0. The molecule has 0 saturated carbocycles. The van der Waals surface area contributed by atoms with Gasteiger partial charge in [0.1, 0.15) is 11.5 Å². The van der Waals surface area contributed by atoms with Crippen LogP contribution in [0.3, 0.4) is 0 Å². The maximum Gasteiger partial charge on any atom is 0.328 e. The van der Waals surface area contributed by atoms with E-state index in [9.17, 15) is 9.59 Å². The highest BCUT2D eigenvalue weighted by Gasteiger charge is 2.42. The van der Waals surface area contributed by atoms with Crippen LogP contribution in [0, 0.1) is 5.41 Å². The molecule has 0 N–H and O–H groups in total. The van der Waals surface area contributed by atoms with Crippen LogP contribution in [0.25, 0.3) is 21.5 Å². The van der Waals surface area contributed by atoms with Crippen molar-refractivity contribution in [2.75, 3.05) is 0 Å². The molecule has 2 aliphatic rings. The van der Waals surface area contributed by atoms with E-state index in [-0.39, 0.29) is 0 Å². The highest BCUT2D eigenvalue weighted by atomic mass is 16.6. The second kappa shape index (κ2) is 4.56. The van der Waals surface area contributed by atoms with Gasteiger partial charge in [0.15, 0.2) is 5.41 Å². The van der Waals surface area contributed by atoms with Crippen LogP contribution >= 0.6 is 0 Å². The molecule has 3 aromatic carbocycles. The number of rotatable bonds is 0. The molecule has 0 aromatic heterocycles. The van der Waals surface area contributed by atoms with Crippen molar-refractivity contribution < 1.29 is 19.1 Å². The van der Waals surface area contributed by atoms with Gasteiger partial charge in [-0.3, -0.25) is 9.59 Å². The Morgan fingerprint density at radius 2 is 0.957 bits per heavy atom. The first-order valence-electron chi connectivity index (χ1n) is 7.38. The Morgan fingerprint density at radius 3 is 1.26 bits per heavy atom. The first-order valence-corrected chi connectivity index (χ1v) is 7.38. The van der Waals surface area contributed by atoms with Crippen molar-refractivity contribution in [3.05, 3.63) is 48.5 Å². The summed E-state index contributed by atoms with van der Waals surface area (Å²) in [6.07, 6.45) is 0. The maximum absolute atomic E-state index is 12.5. The van der Waals surface area contributed by atoms with E-state index in [1.165, 1.54) is 13.8 Å². The average molecular weight is 306 g/mol. The van der Waals surface area contributed by atoms with Crippen LogP contribution in [-0.2, 0) is 9.59 Å². The molecule has 0 amide bonds. The molecule has 3 aromatic rings. The number of hydrogen-bond donors (Lipinski definition) is 0. The molecule has 23 heavy (non-hydrogen) atoms. The van der Waals surface area contributed by atoms with E-state index in [0.717, 1.165) is 21.5 Å². The zero-order valence-electron chi connectivity index (χ0n) is 12.8. The molecule has 4 nitrogen and oxygen atoms in total. The summed E-state index contributed by atoms with van der Waals surface area (Å²) in [4.78, 5) is 25.0. The Kier molecular flexibility index (Phi) is 2.73. The highest BCUT2D eigenvalue weighted by molar-refractivity contribution is 6.15. The van der Waals surface area contributed by atoms with Crippen LogP contribution in [0.15, 0.2) is 48.5 Å². The summed E-state index contributed by atoms with van der Waals surface area (Å²) in [5.74, 6) is -0.303. The second-order valence-corrected chi connectivity index (χ2v) is 6.15. The summed E-state index contributed by atoms with van der Waals surface area (Å²) in [6, 6.07) is 14.9. The summed E-state index contributed by atoms with van der Waals surface area (Å²) < 4.78 is 11.3. The monoisotopic (exact) mass is 306 g/mol. The zero-order chi connectivity index (χ0) is 16.2. The lowest BCUT2D eigenvalue weighted by atomic mass is 9.94. The van der Waals surface area contributed by atoms with Crippen LogP contribution in [0.2, 0.25) is 0 Å². The summed E-state index contributed by atoms with van der Waals surface area (Å²) in [6.45, 7) is 3.03. The van der Waals surface area contributed by atoms with Gasteiger partial charge in [-0.25, -0.2) is 0 Å². The van der Waals surface area contributed by atoms with Crippen LogP contribution in [0.4, 0.5) is 0 Å². The number of carbonyl (C=O) groups is 2. The van der Waals surface area contributed by atoms with Crippen molar-refractivity contribution in [1.29, 1.82) is 0 Å². The van der Waals surface area contributed by atoms with Crippen molar-refractivity contribution in [1.82, 2.24) is 0 Å². The summed E-state index contributed by atoms with van der Waals surface area (Å²) in [5.41, 5.74) is -1.37. The van der Waals surface area contributed by atoms with Gasteiger partial charge in [0.25, 0.3) is 0 Å². The Bertz CT molecular complexity index is 850. The number of esters is 2. The molecule has 0 fully saturated rings. The lowest BCUT2D eigenvalue weighted by Gasteiger charge is -2.18. The Balaban J connectivity index is 2.22. The number of carbonyl (C=O) groups excluding carboxylic acids is 2. The smallest absolute Gasteiger partial charge is 0.328 e. The van der Waals surface area contributed by atoms with Gasteiger partial charge < -0.3 is 9.47 Å². The molecule has 0 atom stereocenters. The van der Waals surface area contributed by atoms with E-state index in [1.807, 2.05) is 48.5 Å². The van der Waals surface area contributed by atoms with E-state index in [2.05, 4.69) is 0 Å². The number of ether oxygens (including phenoxy) is 2. The zero-order valence-corrected chi connectivity index (χ0v) is 12.8. The molecule has 0 radical (unpaired) electrons. The fraction of sp³-hybridized carbons (Fsp3) is 0.158. The first kappa shape index (κ1) is 13.8. The third kappa shape index (κ3) is 1.84. The Morgan fingerprint density at radius 1 is 0.652 bits per heavy atom. The molecule has 2 aliphatic heterocycles. The van der Waals surface area contributed by atoms with Crippen molar-refractivity contribution >= 4 is 33.5 Å². The third-order valence-corrected chi connectivity index (χ3v) is 4.24. The van der Waals surface area contributed by atoms with Crippen LogP contribution < -0.4 is 9.47 Å². The molecule has 2 heterocycles. The molecule has 0 saturated heterocycles. The average Bonchev–Trinajstić information content (AvgIpc) is 2.61. The van der Waals surface area contributed by atoms with Gasteiger partial charge >= 0.3 is 11.9 Å². The minimum atomic E-state index is -1.37. The van der Waals surface area contributed by atoms with Gasteiger partial charge in [-0.1, -0.05) is 48.5 Å². The number of benzene rings is 3. The molecule has 4 heteroatoms. The largest absolute Gasteiger partial charge is 0.424 e. The SMILES string of the molecule is CC1(C)C(=O)Oc2c3ccccc3c(c3ccccc23)OC1=O. The maximum atomic E-state index is 12.5. The molecular formula is C19H14O4. The lowest BCUT2D eigenvalue weighted by Crippen LogP contribution is -2.39. The molecule has 5 rings (SSSR count). The predicted molar refractivity (Wildman–Crippen MR) is 86.5 cm³/mol. The first-order chi connectivity index (χ1) is 11.0. The third-order valence-electron chi connectivity index (χ3n) is 4.24. The minimum absolute atomic E-state index is 0.469. The topological polar surface area (TPSA) is 52.6 Å². The number of fused-ring (bicyclic) bond motifs is 4. The molecule has 0 spiro atoms. The predicted octanol–water partition coefficient (Wildman–Crippen LogP) is 3.84. The molecule has 114 valence electrons. The van der Waals surface area contributed by atoms with Crippen LogP contribution in [0.1, 0.15) is 13.8 Å². The van der Waals surface area contributed by atoms with E-state index in [0.29, 0.717) is 11.5 Å². The van der Waals surface area contributed by atoms with Crippen LogP contribution in [-0.4, -0.2) is 11.9 Å². The molecule has 0 unspecified atom stereocenters. The van der Waals surface area contributed by atoms with E-state index >= 15 is 0 Å². The molecular weight excluding hydrogens is 292 g/mol. The Labute approximate surface area is 132 Å². The fourth-order valence-corrected chi connectivity index (χ4v) is 2.79. The lowest BCUT2D eigenvalue weighted by molar-refractivity contribution is -0.158. The summed E-state index contributed by atoms with van der Waals surface area (Å²) in [5, 5.41) is 3.00. The van der Waals surface area contributed by atoms with Gasteiger partial charge in [-0.15, -0.1) is 0 Å². The van der Waals surface area contributed by atoms with Gasteiger partial charge in [0.2, 0.25) is 0 Å². The van der Waals surface area contributed by atoms with Crippen molar-refractivity contribution in [2.45, 2.75) is 13.8 Å². The molecule has 0 aliphatic carbocycles. The minimum Gasteiger partial charge on any atom is -0.424 e. The van der Waals surface area contributed by atoms with Crippen molar-refractivity contribution in [3.8, 4) is 11.5 Å². The van der Waals surface area contributed by atoms with E-state index in [4.69, 9.17) is 9.47 Å². The van der Waals surface area contributed by atoms with E-state index in [1.54, 1.807) is 0 Å². The fourth-order valence-electron chi connectivity index (χ4n) is 2.79. The van der Waals surface area contributed by atoms with Crippen molar-refractivity contribution in [3.63, 3.8) is 0 Å². The standard InChI is InChI=1S/C19H14O4/c1-19(2)17(20)22-15-11-7-3-4-8-12(11)16(23-18(19)21)14-10-6-5-9-13(14)15/h3-10H,1-2H3. The van der Waals surface area contributed by atoms with Gasteiger partial charge in [-0.2, -0.15) is 0 Å².